The van der Waals surface area contributed by atoms with E-state index in [4.69, 9.17) is 22.0 Å². The quantitative estimate of drug-likeness (QED) is 0.0665. The van der Waals surface area contributed by atoms with Crippen molar-refractivity contribution in [1.29, 1.82) is 0 Å². The van der Waals surface area contributed by atoms with Crippen LogP contribution in [-0.4, -0.2) is 73.5 Å². The van der Waals surface area contributed by atoms with Crippen molar-refractivity contribution in [2.24, 2.45) is 12.2 Å². The highest BCUT2D eigenvalue weighted by molar-refractivity contribution is 8.01. The van der Waals surface area contributed by atoms with Gasteiger partial charge in [0.15, 0.2) is 21.7 Å². The summed E-state index contributed by atoms with van der Waals surface area (Å²) in [6.07, 6.45) is 0. The Bertz CT molecular complexity index is 1290. The zero-order valence-corrected chi connectivity index (χ0v) is 21.4. The largest absolute Gasteiger partial charge is 0.477 e. The van der Waals surface area contributed by atoms with E-state index in [0.29, 0.717) is 22.2 Å². The van der Waals surface area contributed by atoms with Gasteiger partial charge in [0.2, 0.25) is 0 Å². The van der Waals surface area contributed by atoms with E-state index in [2.05, 4.69) is 20.4 Å². The molecule has 0 aromatic carbocycles. The van der Waals surface area contributed by atoms with Crippen molar-refractivity contribution in [3.8, 4) is 0 Å². The lowest BCUT2D eigenvalue weighted by atomic mass is 10.0. The number of hydrogen-bond donors (Lipinski definition) is 5. The minimum Gasteiger partial charge on any atom is -0.477 e. The molecular formula is C19H22N9O5S3+. The molecule has 1 saturated heterocycles. The number of carbonyl (C=O) groups is 3. The number of oxime groups is 1. The van der Waals surface area contributed by atoms with Crippen LogP contribution in [0.3, 0.4) is 0 Å². The molecule has 2 atom stereocenters. The standard InChI is InChI=1S/C19H21N9O5S3/c1-27-9(20)3-10(24-18(27)21)34-4-7-5-35-16-12(15(30)28(16)13(7)17(31)32)25-14(29)11(26-33-2)8-6-36-19(22)23-8/h3,6,12,16H,4-5H2,1-2H3,(H7,20,21,22,23,24,25,29,31,32)/p+1/b26-11-/t12-,16-/m1/s1. The van der Waals surface area contributed by atoms with Crippen molar-refractivity contribution in [3.05, 3.63) is 28.4 Å². The normalized spacial score (nSPS) is 19.6. The average Bonchev–Trinajstić information content (AvgIpc) is 3.27. The molecule has 2 aromatic heterocycles. The van der Waals surface area contributed by atoms with Crippen molar-refractivity contribution in [2.45, 2.75) is 16.4 Å². The van der Waals surface area contributed by atoms with Crippen molar-refractivity contribution in [1.82, 2.24) is 20.2 Å². The van der Waals surface area contributed by atoms with Crippen LogP contribution in [0.1, 0.15) is 5.69 Å². The van der Waals surface area contributed by atoms with Crippen LogP contribution in [0.15, 0.2) is 32.9 Å². The molecule has 2 amide bonds. The van der Waals surface area contributed by atoms with Gasteiger partial charge in [0.1, 0.15) is 29.9 Å². The number of β-lactam (4-membered cyclic amide) rings is 1. The second-order valence-corrected chi connectivity index (χ2v) is 10.5. The Kier molecular flexibility index (Phi) is 7.23. The zero-order valence-electron chi connectivity index (χ0n) is 19.0. The lowest BCUT2D eigenvalue weighted by Crippen LogP contribution is -2.71. The van der Waals surface area contributed by atoms with Crippen molar-refractivity contribution < 1.29 is 28.9 Å². The summed E-state index contributed by atoms with van der Waals surface area (Å²) in [4.78, 5) is 52.1. The number of carboxylic acids is 1. The summed E-state index contributed by atoms with van der Waals surface area (Å²) in [7, 11) is 2.95. The first-order valence-electron chi connectivity index (χ1n) is 10.2. The van der Waals surface area contributed by atoms with E-state index < -0.39 is 29.2 Å². The molecule has 1 fully saturated rings. The van der Waals surface area contributed by atoms with Crippen molar-refractivity contribution in [3.63, 3.8) is 0 Å². The smallest absolute Gasteiger partial charge is 0.352 e. The number of aliphatic carboxylic acids is 1. The molecule has 4 rings (SSSR count). The lowest BCUT2D eigenvalue weighted by molar-refractivity contribution is -0.645. The van der Waals surface area contributed by atoms with E-state index in [9.17, 15) is 19.5 Å². The van der Waals surface area contributed by atoms with Crippen LogP contribution in [-0.2, 0) is 26.3 Å². The van der Waals surface area contributed by atoms with Crippen molar-refractivity contribution in [2.75, 3.05) is 35.8 Å². The third-order valence-electron chi connectivity index (χ3n) is 5.32. The summed E-state index contributed by atoms with van der Waals surface area (Å²) in [6, 6.07) is 0.690. The summed E-state index contributed by atoms with van der Waals surface area (Å²) in [5, 5.41) is 17.9. The monoisotopic (exact) mass is 552 g/mol. The molecule has 14 nitrogen and oxygen atoms in total. The van der Waals surface area contributed by atoms with Crippen LogP contribution in [0.25, 0.3) is 0 Å². The molecule has 0 aliphatic carbocycles. The zero-order chi connectivity index (χ0) is 26.1. The Balaban J connectivity index is 1.50. The second-order valence-electron chi connectivity index (χ2n) is 7.54. The number of nitrogens with two attached hydrogens (primary N) is 3. The Morgan fingerprint density at radius 3 is 2.75 bits per heavy atom. The molecule has 0 saturated carbocycles. The van der Waals surface area contributed by atoms with Gasteiger partial charge < -0.3 is 32.5 Å². The number of carbonyl (C=O) groups excluding carboxylic acids is 2. The molecule has 190 valence electrons. The molecule has 17 heteroatoms. The van der Waals surface area contributed by atoms with Crippen LogP contribution in [0, 0.1) is 0 Å². The maximum atomic E-state index is 13.0. The highest BCUT2D eigenvalue weighted by Gasteiger charge is 2.54. The van der Waals surface area contributed by atoms with E-state index >= 15 is 0 Å². The highest BCUT2D eigenvalue weighted by Crippen LogP contribution is 2.41. The minimum absolute atomic E-state index is 0.109. The average molecular weight is 553 g/mol. The molecular weight excluding hydrogens is 530 g/mol. The molecule has 36 heavy (non-hydrogen) atoms. The van der Waals surface area contributed by atoms with Gasteiger partial charge in [-0.3, -0.25) is 14.5 Å². The number of nitrogens with one attached hydrogen (secondary N) is 1. The van der Waals surface area contributed by atoms with Gasteiger partial charge in [-0.2, -0.15) is 0 Å². The molecule has 0 bridgehead atoms. The summed E-state index contributed by atoms with van der Waals surface area (Å²) < 4.78 is 1.52. The van der Waals surface area contributed by atoms with Gasteiger partial charge in [0, 0.05) is 23.0 Å². The number of thiazole rings is 1. The number of carboxylic acid groups (broad SMARTS) is 1. The lowest BCUT2D eigenvalue weighted by Gasteiger charge is -2.49. The molecule has 2 aromatic rings. The number of rotatable bonds is 8. The van der Waals surface area contributed by atoms with Gasteiger partial charge in [-0.15, -0.1) is 28.1 Å². The minimum atomic E-state index is -1.24. The molecule has 0 unspecified atom stereocenters. The Hall–Kier alpha value is -3.57. The summed E-state index contributed by atoms with van der Waals surface area (Å²) in [6.45, 7) is 0. The van der Waals surface area contributed by atoms with Gasteiger partial charge in [0.25, 0.3) is 11.8 Å². The van der Waals surface area contributed by atoms with E-state index in [1.165, 1.54) is 45.5 Å². The van der Waals surface area contributed by atoms with Crippen LogP contribution < -0.4 is 27.1 Å². The van der Waals surface area contributed by atoms with Gasteiger partial charge in [0.05, 0.1) is 7.05 Å². The van der Waals surface area contributed by atoms with Crippen LogP contribution >= 0.6 is 34.9 Å². The van der Waals surface area contributed by atoms with Gasteiger partial charge in [-0.25, -0.2) is 14.3 Å². The fourth-order valence-corrected chi connectivity index (χ4v) is 6.45. The second kappa shape index (κ2) is 10.2. The SMILES string of the molecule is CO/N=C(\C(=O)N[C@@H]1C(=O)N2C(C(=O)O)=C(CSc3cc(N)[n+](C)c(N)n3)CS[C@H]12)c1csc(N)n1. The van der Waals surface area contributed by atoms with Crippen molar-refractivity contribution >= 4 is 75.3 Å². The third kappa shape index (κ3) is 4.76. The van der Waals surface area contributed by atoms with Gasteiger partial charge in [-0.1, -0.05) is 16.9 Å². The van der Waals surface area contributed by atoms with Gasteiger partial charge >= 0.3 is 11.9 Å². The molecule has 2 aliphatic rings. The van der Waals surface area contributed by atoms with Crippen LogP contribution in [0.5, 0.6) is 0 Å². The first-order valence-corrected chi connectivity index (χ1v) is 13.1. The topological polar surface area (TPSA) is 216 Å². The molecule has 2 aliphatic heterocycles. The number of nitrogens with zero attached hydrogens (tertiary/aromatic N) is 5. The number of thioether (sulfide) groups is 2. The predicted molar refractivity (Wildman–Crippen MR) is 135 cm³/mol. The van der Waals surface area contributed by atoms with E-state index in [-0.39, 0.29) is 33.9 Å². The number of aromatic nitrogens is 3. The molecule has 4 heterocycles. The first-order chi connectivity index (χ1) is 17.1. The van der Waals surface area contributed by atoms with Crippen LogP contribution in [0.2, 0.25) is 0 Å². The first kappa shape index (κ1) is 25.5. The number of nitrogen functional groups attached to an aromatic ring is 3. The van der Waals surface area contributed by atoms with Gasteiger partial charge in [-0.05, 0) is 5.57 Å². The molecule has 0 radical (unpaired) electrons. The number of fused-ring (bicyclic) bond motifs is 1. The van der Waals surface area contributed by atoms with E-state index in [0.717, 1.165) is 11.3 Å². The number of anilines is 3. The molecule has 0 spiro atoms. The summed E-state index contributed by atoms with van der Waals surface area (Å²) in [5.41, 5.74) is 17.9. The fraction of sp³-hybridized carbons (Fsp3) is 0.316. The fourth-order valence-electron chi connectivity index (χ4n) is 3.51. The van der Waals surface area contributed by atoms with Crippen LogP contribution in [0.4, 0.5) is 16.9 Å². The van der Waals surface area contributed by atoms with E-state index in [1.54, 1.807) is 13.1 Å². The Morgan fingerprint density at radius 2 is 2.14 bits per heavy atom. The number of amides is 2. The van der Waals surface area contributed by atoms with E-state index in [1.807, 2.05) is 0 Å². The summed E-state index contributed by atoms with van der Waals surface area (Å²) in [5.74, 6) is -1.25. The predicted octanol–water partition coefficient (Wildman–Crippen LogP) is -1.01. The maximum absolute atomic E-state index is 13.0. The maximum Gasteiger partial charge on any atom is 0.352 e. The Morgan fingerprint density at radius 1 is 1.39 bits per heavy atom. The Labute approximate surface area is 216 Å². The number of hydrogen-bond acceptors (Lipinski definition) is 13. The molecule has 8 N–H and O–H groups in total. The third-order valence-corrected chi connectivity index (χ3v) is 8.33. The highest BCUT2D eigenvalue weighted by atomic mass is 32.2. The summed E-state index contributed by atoms with van der Waals surface area (Å²) >= 11 is 3.72.